The number of hydrogen-bond acceptors (Lipinski definition) is 1. The average molecular weight is 290 g/mol. The van der Waals surface area contributed by atoms with Crippen LogP contribution in [0, 0.1) is 22.2 Å². The summed E-state index contributed by atoms with van der Waals surface area (Å²) >= 11 is 0. The molecule has 21 heavy (non-hydrogen) atoms. The van der Waals surface area contributed by atoms with E-state index in [0.29, 0.717) is 22.3 Å². The second-order valence-corrected chi connectivity index (χ2v) is 9.63. The topological polar surface area (TPSA) is 12.0 Å². The molecule has 0 radical (unpaired) electrons. The predicted octanol–water partition coefficient (Wildman–Crippen LogP) is 5.32. The maximum atomic E-state index is 4.24. The van der Waals surface area contributed by atoms with Crippen molar-refractivity contribution in [2.45, 2.75) is 84.6 Å². The summed E-state index contributed by atoms with van der Waals surface area (Å²) in [5.41, 5.74) is 3.34. The first-order chi connectivity index (χ1) is 9.79. The van der Waals surface area contributed by atoms with Crippen LogP contribution in [0.5, 0.6) is 0 Å². The molecule has 4 rings (SSSR count). The van der Waals surface area contributed by atoms with E-state index < -0.39 is 0 Å². The Labute approximate surface area is 132 Å². The molecule has 1 heteroatoms. The van der Waals surface area contributed by atoms with E-state index in [1.807, 2.05) is 0 Å². The summed E-state index contributed by atoms with van der Waals surface area (Å²) in [6, 6.07) is 0.640. The van der Waals surface area contributed by atoms with Crippen LogP contribution in [0.4, 0.5) is 0 Å². The minimum atomic E-state index is 0.630. The molecule has 120 valence electrons. The highest BCUT2D eigenvalue weighted by Crippen LogP contribution is 2.70. The maximum absolute atomic E-state index is 4.24. The zero-order chi connectivity index (χ0) is 15.3. The molecule has 4 fully saturated rings. The van der Waals surface area contributed by atoms with Crippen LogP contribution in [0.25, 0.3) is 0 Å². The first-order valence-electron chi connectivity index (χ1n) is 9.13. The van der Waals surface area contributed by atoms with E-state index in [-0.39, 0.29) is 0 Å². The third kappa shape index (κ3) is 2.96. The third-order valence-electron chi connectivity index (χ3n) is 6.86. The van der Waals surface area contributed by atoms with Crippen molar-refractivity contribution in [3.05, 3.63) is 12.2 Å². The molecule has 3 unspecified atom stereocenters. The van der Waals surface area contributed by atoms with Crippen LogP contribution < -0.4 is 5.32 Å². The lowest BCUT2D eigenvalue weighted by Crippen LogP contribution is -2.56. The lowest BCUT2D eigenvalue weighted by molar-refractivity contribution is -0.149. The van der Waals surface area contributed by atoms with Gasteiger partial charge in [0.15, 0.2) is 0 Å². The smallest absolute Gasteiger partial charge is 0.0106 e. The minimum Gasteiger partial charge on any atom is -0.317 e. The van der Waals surface area contributed by atoms with Gasteiger partial charge in [0.1, 0.15) is 0 Å². The predicted molar refractivity (Wildman–Crippen MR) is 91.4 cm³/mol. The van der Waals surface area contributed by atoms with E-state index in [1.165, 1.54) is 56.9 Å². The molecule has 0 aromatic rings. The summed E-state index contributed by atoms with van der Waals surface area (Å²) < 4.78 is 0. The number of rotatable bonds is 6. The molecular weight excluding hydrogens is 254 g/mol. The van der Waals surface area contributed by atoms with Crippen LogP contribution >= 0.6 is 0 Å². The van der Waals surface area contributed by atoms with Gasteiger partial charge in [0.2, 0.25) is 0 Å². The monoisotopic (exact) mass is 289 g/mol. The van der Waals surface area contributed by atoms with Crippen LogP contribution in [0.15, 0.2) is 12.2 Å². The first-order valence-corrected chi connectivity index (χ1v) is 9.13. The normalized spacial score (nSPS) is 45.8. The van der Waals surface area contributed by atoms with Gasteiger partial charge in [-0.25, -0.2) is 0 Å². The van der Waals surface area contributed by atoms with Crippen LogP contribution in [0.2, 0.25) is 0 Å². The molecule has 0 amide bonds. The van der Waals surface area contributed by atoms with Crippen LogP contribution in [0.3, 0.4) is 0 Å². The van der Waals surface area contributed by atoms with E-state index in [2.05, 4.69) is 39.7 Å². The Morgan fingerprint density at radius 2 is 1.76 bits per heavy atom. The van der Waals surface area contributed by atoms with Crippen molar-refractivity contribution in [2.24, 2.45) is 22.2 Å². The van der Waals surface area contributed by atoms with Crippen LogP contribution in [-0.2, 0) is 0 Å². The first kappa shape index (κ1) is 15.6. The Morgan fingerprint density at radius 3 is 2.24 bits per heavy atom. The van der Waals surface area contributed by atoms with E-state index >= 15 is 0 Å². The quantitative estimate of drug-likeness (QED) is 0.653. The molecule has 0 saturated heterocycles. The molecule has 4 bridgehead atoms. The van der Waals surface area contributed by atoms with Crippen molar-refractivity contribution in [3.63, 3.8) is 0 Å². The van der Waals surface area contributed by atoms with E-state index in [4.69, 9.17) is 0 Å². The van der Waals surface area contributed by atoms with Crippen molar-refractivity contribution in [2.75, 3.05) is 7.05 Å². The molecular formula is C20H35N. The summed E-state index contributed by atoms with van der Waals surface area (Å²) in [4.78, 5) is 0. The third-order valence-corrected chi connectivity index (χ3v) is 6.86. The van der Waals surface area contributed by atoms with Gasteiger partial charge in [-0.2, -0.15) is 0 Å². The van der Waals surface area contributed by atoms with Crippen molar-refractivity contribution >= 4 is 0 Å². The van der Waals surface area contributed by atoms with Crippen molar-refractivity contribution in [1.82, 2.24) is 5.32 Å². The van der Waals surface area contributed by atoms with Gasteiger partial charge in [0, 0.05) is 6.04 Å². The largest absolute Gasteiger partial charge is 0.317 e. The fraction of sp³-hybridized carbons (Fsp3) is 0.900. The van der Waals surface area contributed by atoms with Crippen LogP contribution in [0.1, 0.15) is 78.6 Å². The molecule has 0 spiro atoms. The highest BCUT2D eigenvalue weighted by atomic mass is 14.9. The van der Waals surface area contributed by atoms with Gasteiger partial charge in [0.25, 0.3) is 0 Å². The molecule has 0 heterocycles. The Hall–Kier alpha value is -0.300. The van der Waals surface area contributed by atoms with E-state index in [1.54, 1.807) is 0 Å². The van der Waals surface area contributed by atoms with Crippen molar-refractivity contribution < 1.29 is 0 Å². The zero-order valence-corrected chi connectivity index (χ0v) is 14.7. The van der Waals surface area contributed by atoms with Gasteiger partial charge >= 0.3 is 0 Å². The van der Waals surface area contributed by atoms with Gasteiger partial charge in [-0.3, -0.25) is 0 Å². The fourth-order valence-corrected chi connectivity index (χ4v) is 7.20. The minimum absolute atomic E-state index is 0.630. The van der Waals surface area contributed by atoms with Gasteiger partial charge in [-0.15, -0.1) is 0 Å². The average Bonchev–Trinajstić information content (AvgIpc) is 2.32. The molecule has 0 aromatic carbocycles. The number of hydrogen-bond donors (Lipinski definition) is 1. The summed E-state index contributed by atoms with van der Waals surface area (Å²) in [6.45, 7) is 11.7. The van der Waals surface area contributed by atoms with Crippen molar-refractivity contribution in [3.8, 4) is 0 Å². The summed E-state index contributed by atoms with van der Waals surface area (Å²) in [6.07, 6.45) is 12.7. The maximum Gasteiger partial charge on any atom is 0.0106 e. The zero-order valence-electron chi connectivity index (χ0n) is 14.7. The van der Waals surface area contributed by atoms with E-state index in [9.17, 15) is 0 Å². The van der Waals surface area contributed by atoms with Gasteiger partial charge in [0.05, 0.1) is 0 Å². The molecule has 4 aliphatic carbocycles. The molecule has 4 aliphatic rings. The number of nitrogens with one attached hydrogen (secondary N) is 1. The standard InChI is InChI=1S/C20H35N/c1-6-15(2)7-17(21-5)11-20-10-16-8-18(3,13-20)12-19(4,9-16)14-20/h16-17,21H,2,6-14H2,1,3-5H3. The Bertz CT molecular complexity index is 406. The Balaban J connectivity index is 1.76. The fourth-order valence-electron chi connectivity index (χ4n) is 7.20. The van der Waals surface area contributed by atoms with Gasteiger partial charge < -0.3 is 5.32 Å². The Kier molecular flexibility index (Phi) is 3.80. The summed E-state index contributed by atoms with van der Waals surface area (Å²) in [5.74, 6) is 1.02. The SMILES string of the molecule is C=C(CC)CC(CC12CC3CC(C)(CC(C)(C3)C1)C2)NC. The molecule has 4 saturated carbocycles. The second-order valence-electron chi connectivity index (χ2n) is 9.63. The highest BCUT2D eigenvalue weighted by Gasteiger charge is 2.59. The van der Waals surface area contributed by atoms with Crippen LogP contribution in [-0.4, -0.2) is 13.1 Å². The lowest BCUT2D eigenvalue weighted by Gasteiger charge is -2.66. The molecule has 0 aliphatic heterocycles. The molecule has 1 nitrogen and oxygen atoms in total. The van der Waals surface area contributed by atoms with E-state index in [0.717, 1.165) is 12.3 Å². The molecule has 0 aromatic heterocycles. The molecule has 3 atom stereocenters. The lowest BCUT2D eigenvalue weighted by atomic mass is 9.39. The Morgan fingerprint density at radius 1 is 1.14 bits per heavy atom. The second kappa shape index (κ2) is 5.11. The highest BCUT2D eigenvalue weighted by molar-refractivity contribution is 5.11. The summed E-state index contributed by atoms with van der Waals surface area (Å²) in [5, 5.41) is 3.61. The van der Waals surface area contributed by atoms with Gasteiger partial charge in [-0.05, 0) is 87.0 Å². The molecule has 1 N–H and O–H groups in total. The summed E-state index contributed by atoms with van der Waals surface area (Å²) in [7, 11) is 2.15. The van der Waals surface area contributed by atoms with Crippen molar-refractivity contribution in [1.29, 1.82) is 0 Å². The van der Waals surface area contributed by atoms with Gasteiger partial charge in [-0.1, -0.05) is 32.9 Å².